The highest BCUT2D eigenvalue weighted by Gasteiger charge is 2.33. The number of nitrogens with zero attached hydrogens (tertiary/aromatic N) is 7. The molecule has 1 fully saturated rings. The van der Waals surface area contributed by atoms with Crippen LogP contribution in [0.15, 0.2) is 59.1 Å². The van der Waals surface area contributed by atoms with Crippen molar-refractivity contribution in [3.05, 3.63) is 60.4 Å². The number of ether oxygens (including phenoxy) is 2. The van der Waals surface area contributed by atoms with E-state index in [1.54, 1.807) is 47.5 Å². The van der Waals surface area contributed by atoms with Gasteiger partial charge in [-0.2, -0.15) is 0 Å². The van der Waals surface area contributed by atoms with E-state index in [1.165, 1.54) is 11.0 Å². The number of rotatable bonds is 10. The Hall–Kier alpha value is -4.19. The first kappa shape index (κ1) is 23.5. The van der Waals surface area contributed by atoms with Crippen molar-refractivity contribution < 1.29 is 23.5 Å². The molecule has 2 aliphatic heterocycles. The first-order valence-corrected chi connectivity index (χ1v) is 11.4. The summed E-state index contributed by atoms with van der Waals surface area (Å²) in [7, 11) is 0. The van der Waals surface area contributed by atoms with Crippen molar-refractivity contribution in [3.63, 3.8) is 0 Å². The van der Waals surface area contributed by atoms with Crippen molar-refractivity contribution in [2.75, 3.05) is 31.2 Å². The Bertz CT molecular complexity index is 1250. The number of aromatic nitrogens is 4. The summed E-state index contributed by atoms with van der Waals surface area (Å²) in [6.45, 7) is 5.50. The molecule has 2 aromatic heterocycles. The Morgan fingerprint density at radius 1 is 1.25 bits per heavy atom. The number of hydrogen-bond acceptors (Lipinski definition) is 9. The van der Waals surface area contributed by atoms with Crippen molar-refractivity contribution in [1.29, 1.82) is 0 Å². The van der Waals surface area contributed by atoms with Gasteiger partial charge in [-0.25, -0.2) is 13.9 Å². The summed E-state index contributed by atoms with van der Waals surface area (Å²) >= 11 is 0. The molecule has 0 bridgehead atoms. The Morgan fingerprint density at radius 2 is 2.17 bits per heavy atom. The van der Waals surface area contributed by atoms with Crippen molar-refractivity contribution >= 4 is 24.2 Å². The maximum atomic E-state index is 15.0. The van der Waals surface area contributed by atoms with E-state index in [0.29, 0.717) is 60.9 Å². The molecule has 0 spiro atoms. The number of carbonyl (C=O) groups is 1. The summed E-state index contributed by atoms with van der Waals surface area (Å²) in [6, 6.07) is 8.20. The van der Waals surface area contributed by atoms with Crippen LogP contribution in [0.4, 0.5) is 14.9 Å². The molecule has 12 heteroatoms. The highest BCUT2D eigenvalue weighted by molar-refractivity contribution is 5.99. The Balaban J connectivity index is 1.21. The lowest BCUT2D eigenvalue weighted by Crippen LogP contribution is -2.26. The molecule has 11 nitrogen and oxygen atoms in total. The van der Waals surface area contributed by atoms with Crippen LogP contribution in [0.3, 0.4) is 0 Å². The number of oxime groups is 1. The lowest BCUT2D eigenvalue weighted by atomic mass is 10.0. The number of hydrogen-bond donors (Lipinski definition) is 0. The van der Waals surface area contributed by atoms with Gasteiger partial charge in [0.1, 0.15) is 17.6 Å². The molecule has 1 amide bonds. The molecule has 2 atom stereocenters. The SMILES string of the molecule is C=NCCOC[C@@H]1CC(c2ccc(-c3ccc(N4C[C@H](Cn5ccnn5)OC4=O)cc3F)cn2)=NO1. The van der Waals surface area contributed by atoms with Crippen LogP contribution in [0.25, 0.3) is 11.1 Å². The molecule has 186 valence electrons. The second-order valence-electron chi connectivity index (χ2n) is 8.33. The second-order valence-corrected chi connectivity index (χ2v) is 8.33. The quantitative estimate of drug-likeness (QED) is 0.315. The van der Waals surface area contributed by atoms with Crippen LogP contribution in [0, 0.1) is 5.82 Å². The molecule has 1 aromatic carbocycles. The first-order valence-electron chi connectivity index (χ1n) is 11.4. The van der Waals surface area contributed by atoms with Gasteiger partial charge in [-0.3, -0.25) is 14.9 Å². The monoisotopic (exact) mass is 493 g/mol. The normalized spacial score (nSPS) is 19.2. The average molecular weight is 493 g/mol. The largest absolute Gasteiger partial charge is 0.442 e. The molecule has 36 heavy (non-hydrogen) atoms. The van der Waals surface area contributed by atoms with Gasteiger partial charge >= 0.3 is 6.09 Å². The number of benzene rings is 1. The minimum Gasteiger partial charge on any atom is -0.442 e. The summed E-state index contributed by atoms with van der Waals surface area (Å²) in [5.41, 5.74) is 2.76. The highest BCUT2D eigenvalue weighted by Crippen LogP contribution is 2.29. The van der Waals surface area contributed by atoms with E-state index in [-0.39, 0.29) is 12.6 Å². The van der Waals surface area contributed by atoms with Crippen LogP contribution >= 0.6 is 0 Å². The predicted octanol–water partition coefficient (Wildman–Crippen LogP) is 2.71. The van der Waals surface area contributed by atoms with Gasteiger partial charge in [0, 0.05) is 29.9 Å². The number of carbonyl (C=O) groups excluding carboxylic acids is 1. The second kappa shape index (κ2) is 10.6. The molecule has 0 aliphatic carbocycles. The van der Waals surface area contributed by atoms with Gasteiger partial charge in [-0.1, -0.05) is 16.4 Å². The van der Waals surface area contributed by atoms with E-state index in [0.717, 1.165) is 0 Å². The third-order valence-corrected chi connectivity index (χ3v) is 5.80. The molecule has 3 aromatic rings. The summed E-state index contributed by atoms with van der Waals surface area (Å²) in [5, 5.41) is 11.7. The van der Waals surface area contributed by atoms with Crippen LogP contribution in [-0.4, -0.2) is 77.0 Å². The van der Waals surface area contributed by atoms with Crippen LogP contribution in [-0.2, 0) is 20.9 Å². The fraction of sp³-hybridized carbons (Fsp3) is 0.333. The van der Waals surface area contributed by atoms with E-state index in [2.05, 4.69) is 32.2 Å². The van der Waals surface area contributed by atoms with Gasteiger partial charge in [0.25, 0.3) is 0 Å². The fourth-order valence-electron chi connectivity index (χ4n) is 4.01. The summed E-state index contributed by atoms with van der Waals surface area (Å²) in [4.78, 5) is 27.3. The van der Waals surface area contributed by atoms with Gasteiger partial charge < -0.3 is 14.3 Å². The van der Waals surface area contributed by atoms with Crippen molar-refractivity contribution in [3.8, 4) is 11.1 Å². The topological polar surface area (TPSA) is 116 Å². The van der Waals surface area contributed by atoms with E-state index in [4.69, 9.17) is 14.3 Å². The Morgan fingerprint density at radius 3 is 2.92 bits per heavy atom. The molecule has 0 saturated carbocycles. The first-order chi connectivity index (χ1) is 17.6. The van der Waals surface area contributed by atoms with Gasteiger partial charge in [-0.15, -0.1) is 5.10 Å². The molecule has 1 saturated heterocycles. The van der Waals surface area contributed by atoms with E-state index < -0.39 is 18.0 Å². The molecule has 0 radical (unpaired) electrons. The number of aliphatic imine (C=N–C) groups is 1. The van der Waals surface area contributed by atoms with E-state index >= 15 is 4.39 Å². The zero-order chi connectivity index (χ0) is 24.9. The third-order valence-electron chi connectivity index (χ3n) is 5.80. The molecule has 2 aliphatic rings. The lowest BCUT2D eigenvalue weighted by molar-refractivity contribution is 0.00530. The van der Waals surface area contributed by atoms with E-state index in [9.17, 15) is 4.79 Å². The zero-order valence-corrected chi connectivity index (χ0v) is 19.4. The van der Waals surface area contributed by atoms with Crippen molar-refractivity contribution in [1.82, 2.24) is 20.0 Å². The summed E-state index contributed by atoms with van der Waals surface area (Å²) < 4.78 is 27.5. The number of pyridine rings is 1. The van der Waals surface area contributed by atoms with Crippen LogP contribution in [0.1, 0.15) is 12.1 Å². The van der Waals surface area contributed by atoms with E-state index in [1.807, 2.05) is 0 Å². The number of halogens is 1. The van der Waals surface area contributed by atoms with Crippen LogP contribution in [0.5, 0.6) is 0 Å². The third kappa shape index (κ3) is 5.23. The lowest BCUT2D eigenvalue weighted by Gasteiger charge is -2.14. The van der Waals surface area contributed by atoms with Crippen LogP contribution < -0.4 is 4.90 Å². The molecule has 5 rings (SSSR count). The Kier molecular flexibility index (Phi) is 6.94. The zero-order valence-electron chi connectivity index (χ0n) is 19.4. The highest BCUT2D eigenvalue weighted by atomic mass is 19.1. The maximum Gasteiger partial charge on any atom is 0.414 e. The van der Waals surface area contributed by atoms with Crippen molar-refractivity contribution in [2.24, 2.45) is 10.1 Å². The molecular formula is C24H24FN7O4. The van der Waals surface area contributed by atoms with Gasteiger partial charge in [0.05, 0.1) is 50.4 Å². The van der Waals surface area contributed by atoms with Gasteiger partial charge in [-0.05, 0) is 31.0 Å². The number of cyclic esters (lactones) is 1. The summed E-state index contributed by atoms with van der Waals surface area (Å²) in [6.07, 6.45) is 4.29. The number of amides is 1. The molecule has 4 heterocycles. The molecule has 0 N–H and O–H groups in total. The fourth-order valence-corrected chi connectivity index (χ4v) is 4.01. The Labute approximate surface area is 206 Å². The number of anilines is 1. The minimum absolute atomic E-state index is 0.177. The van der Waals surface area contributed by atoms with Crippen molar-refractivity contribution in [2.45, 2.75) is 25.2 Å². The van der Waals surface area contributed by atoms with Gasteiger partial charge in [0.2, 0.25) is 0 Å². The van der Waals surface area contributed by atoms with Gasteiger partial charge in [0.15, 0.2) is 6.10 Å². The average Bonchev–Trinajstić information content (AvgIpc) is 3.64. The predicted molar refractivity (Wildman–Crippen MR) is 129 cm³/mol. The molecular weight excluding hydrogens is 469 g/mol. The standard InChI is InChI=1S/C24H24FN7O4/c1-26-7-9-34-15-18-11-23(29-36-18)22-5-2-16(12-27-22)20-4-3-17(10-21(20)25)32-14-19(35-24(32)33)13-31-8-6-28-30-31/h2-6,8,10,12,18-19H,1,7,9,11,13-15H2/t18-,19-/m0/s1. The van der Waals surface area contributed by atoms with Crippen LogP contribution in [0.2, 0.25) is 0 Å². The molecule has 0 unspecified atom stereocenters. The smallest absolute Gasteiger partial charge is 0.414 e. The minimum atomic E-state index is -0.529. The summed E-state index contributed by atoms with van der Waals surface area (Å²) in [5.74, 6) is -0.470. The maximum absolute atomic E-state index is 15.0.